The van der Waals surface area contributed by atoms with E-state index in [0.717, 1.165) is 5.12 Å². The van der Waals surface area contributed by atoms with Gasteiger partial charge in [0.1, 0.15) is 18.1 Å². The fraction of sp³-hybridized carbons (Fsp3) is 0.226. The van der Waals surface area contributed by atoms with Crippen molar-refractivity contribution >= 4 is 34.3 Å². The van der Waals surface area contributed by atoms with Crippen molar-refractivity contribution in [3.8, 4) is 17.2 Å². The Morgan fingerprint density at radius 1 is 1.14 bits per heavy atom. The lowest BCUT2D eigenvalue weighted by Crippen LogP contribution is -2.36. The van der Waals surface area contributed by atoms with Crippen LogP contribution in [0.1, 0.15) is 16.1 Å². The maximum Gasteiger partial charge on any atom is 0.272 e. The van der Waals surface area contributed by atoms with E-state index in [9.17, 15) is 18.0 Å². The number of allylic oxidation sites excluding steroid dienone is 1. The molecule has 0 bridgehead atoms. The number of hydrogen-bond acceptors (Lipinski definition) is 8. The van der Waals surface area contributed by atoms with Crippen LogP contribution in [0.5, 0.6) is 17.2 Å². The molecule has 1 aromatic heterocycles. The lowest BCUT2D eigenvalue weighted by atomic mass is 10.1. The molecule has 43 heavy (non-hydrogen) atoms. The van der Waals surface area contributed by atoms with Crippen LogP contribution in [0.4, 0.5) is 24.5 Å². The average Bonchev–Trinajstić information content (AvgIpc) is 3.43. The number of nitrogens with two attached hydrogens (primary N) is 1. The number of rotatable bonds is 11. The van der Waals surface area contributed by atoms with Crippen LogP contribution in [0, 0.1) is 12.7 Å². The highest BCUT2D eigenvalue weighted by atomic mass is 19.3. The van der Waals surface area contributed by atoms with Gasteiger partial charge in [-0.3, -0.25) is 4.79 Å². The quantitative estimate of drug-likeness (QED) is 0.0723. The van der Waals surface area contributed by atoms with Crippen molar-refractivity contribution in [2.75, 3.05) is 42.9 Å². The Labute approximate surface area is 245 Å². The molecular formula is C31H30F3N5O4. The molecule has 3 N–H and O–H groups in total. The molecule has 0 spiro atoms. The van der Waals surface area contributed by atoms with Crippen LogP contribution in [-0.4, -0.2) is 56.3 Å². The van der Waals surface area contributed by atoms with Gasteiger partial charge in [0, 0.05) is 29.6 Å². The number of hydrazone groups is 1. The number of nitrogens with one attached hydrogen (secondary N) is 1. The van der Waals surface area contributed by atoms with Crippen LogP contribution < -0.4 is 25.3 Å². The van der Waals surface area contributed by atoms with Crippen molar-refractivity contribution in [2.24, 2.45) is 10.9 Å². The van der Waals surface area contributed by atoms with Crippen LogP contribution in [-0.2, 0) is 4.74 Å². The number of H-pyrrole nitrogens is 1. The number of aryl methyl sites for hydroxylation is 1. The number of ketones is 1. The molecule has 1 aliphatic rings. The largest absolute Gasteiger partial charge is 0.485 e. The zero-order valence-electron chi connectivity index (χ0n) is 23.4. The molecule has 0 atom stereocenters. The molecule has 0 unspecified atom stereocenters. The molecule has 0 amide bonds. The van der Waals surface area contributed by atoms with Crippen LogP contribution in [0.25, 0.3) is 10.9 Å². The number of halogens is 3. The molecule has 4 aromatic rings. The Kier molecular flexibility index (Phi) is 8.98. The molecule has 0 radical (unpaired) electrons. The van der Waals surface area contributed by atoms with E-state index < -0.39 is 24.6 Å². The highest BCUT2D eigenvalue weighted by molar-refractivity contribution is 6.21. The Balaban J connectivity index is 1.30. The van der Waals surface area contributed by atoms with Gasteiger partial charge in [-0.25, -0.2) is 19.0 Å². The van der Waals surface area contributed by atoms with Gasteiger partial charge in [0.15, 0.2) is 11.6 Å². The number of aromatic nitrogens is 1. The summed E-state index contributed by atoms with van der Waals surface area (Å²) in [6.45, 7) is 7.02. The third-order valence-corrected chi connectivity index (χ3v) is 6.77. The van der Waals surface area contributed by atoms with Gasteiger partial charge in [-0.2, -0.15) is 10.2 Å². The summed E-state index contributed by atoms with van der Waals surface area (Å²) in [7, 11) is 0. The van der Waals surface area contributed by atoms with Gasteiger partial charge < -0.3 is 24.1 Å². The van der Waals surface area contributed by atoms with E-state index in [4.69, 9.17) is 20.1 Å². The Bertz CT molecular complexity index is 1670. The predicted octanol–water partition coefficient (Wildman–Crippen LogP) is 5.99. The van der Waals surface area contributed by atoms with E-state index in [1.165, 1.54) is 18.3 Å². The van der Waals surface area contributed by atoms with Crippen molar-refractivity contribution in [2.45, 2.75) is 13.3 Å². The molecule has 2 heterocycles. The number of para-hydroxylation sites is 1. The van der Waals surface area contributed by atoms with Crippen molar-refractivity contribution in [3.63, 3.8) is 0 Å². The number of nitrogens with zero attached hydrogens (tertiary/aromatic N) is 3. The summed E-state index contributed by atoms with van der Waals surface area (Å²) in [5.74, 6) is 6.02. The van der Waals surface area contributed by atoms with Crippen LogP contribution >= 0.6 is 0 Å². The third kappa shape index (κ3) is 6.99. The lowest BCUT2D eigenvalue weighted by molar-refractivity contribution is 0.0817. The number of fused-ring (bicyclic) bond motifs is 1. The van der Waals surface area contributed by atoms with E-state index in [1.54, 1.807) is 55.5 Å². The summed E-state index contributed by atoms with van der Waals surface area (Å²) in [6.07, 6.45) is -1.39. The summed E-state index contributed by atoms with van der Waals surface area (Å²) in [4.78, 5) is 18.2. The fourth-order valence-electron chi connectivity index (χ4n) is 4.56. The minimum Gasteiger partial charge on any atom is -0.485 e. The fourth-order valence-corrected chi connectivity index (χ4v) is 4.56. The number of benzene rings is 3. The minimum atomic E-state index is -2.63. The zero-order valence-corrected chi connectivity index (χ0v) is 23.4. The maximum absolute atomic E-state index is 14.0. The van der Waals surface area contributed by atoms with Crippen molar-refractivity contribution < 1.29 is 32.2 Å². The molecule has 5 rings (SSSR count). The molecule has 224 valence electrons. The van der Waals surface area contributed by atoms with Crippen molar-refractivity contribution in [3.05, 3.63) is 89.9 Å². The molecular weight excluding hydrogens is 563 g/mol. The second-order valence-corrected chi connectivity index (χ2v) is 9.82. The van der Waals surface area contributed by atoms with Crippen LogP contribution in [0.15, 0.2) is 77.9 Å². The molecule has 0 aliphatic carbocycles. The van der Waals surface area contributed by atoms with E-state index in [1.807, 2.05) is 4.90 Å². The Morgan fingerprint density at radius 2 is 1.91 bits per heavy atom. The number of ether oxygens (including phenoxy) is 3. The predicted molar refractivity (Wildman–Crippen MR) is 159 cm³/mol. The Morgan fingerprint density at radius 3 is 2.63 bits per heavy atom. The third-order valence-electron chi connectivity index (χ3n) is 6.77. The van der Waals surface area contributed by atoms with Crippen LogP contribution in [0.2, 0.25) is 0 Å². The van der Waals surface area contributed by atoms with E-state index in [2.05, 4.69) is 16.7 Å². The first kappa shape index (κ1) is 29.7. The van der Waals surface area contributed by atoms with E-state index in [-0.39, 0.29) is 17.0 Å². The lowest BCUT2D eigenvalue weighted by Gasteiger charge is -2.30. The van der Waals surface area contributed by atoms with Crippen molar-refractivity contribution in [1.29, 1.82) is 0 Å². The second-order valence-electron chi connectivity index (χ2n) is 9.82. The van der Waals surface area contributed by atoms with Gasteiger partial charge in [-0.05, 0) is 61.0 Å². The van der Waals surface area contributed by atoms with E-state index in [0.29, 0.717) is 65.6 Å². The molecule has 0 saturated carbocycles. The number of carbonyl (C=O) groups is 1. The number of morpholine rings is 1. The first-order valence-corrected chi connectivity index (χ1v) is 13.5. The molecule has 1 fully saturated rings. The molecule has 3 aromatic carbocycles. The molecule has 1 aliphatic heterocycles. The summed E-state index contributed by atoms with van der Waals surface area (Å²) in [5.41, 5.74) is 2.74. The molecule has 12 heteroatoms. The van der Waals surface area contributed by atoms with Gasteiger partial charge in [-0.15, -0.1) is 0 Å². The number of anilines is 2. The van der Waals surface area contributed by atoms with Gasteiger partial charge in [0.05, 0.1) is 36.5 Å². The SMILES string of the molecule is C=C(/C=N\N(N)c1ccc(Oc2ccccc2F)c(C)c1)C(=O)c1cc2cc(OCC(F)F)c(N3CCOCC3)cc2[nH]1. The maximum atomic E-state index is 14.0. The normalized spacial score (nSPS) is 13.6. The summed E-state index contributed by atoms with van der Waals surface area (Å²) in [5, 5.41) is 5.82. The number of hydrazine groups is 1. The zero-order chi connectivity index (χ0) is 30.5. The number of Topliss-reactive ketones (excluding diaryl/α,β-unsaturated/α-hetero) is 1. The molecule has 9 nitrogen and oxygen atoms in total. The molecule has 1 saturated heterocycles. The van der Waals surface area contributed by atoms with Crippen LogP contribution in [0.3, 0.4) is 0 Å². The smallest absolute Gasteiger partial charge is 0.272 e. The van der Waals surface area contributed by atoms with Gasteiger partial charge in [0.25, 0.3) is 6.43 Å². The topological polar surface area (TPSA) is 105 Å². The number of aromatic amines is 1. The number of alkyl halides is 2. The average molecular weight is 594 g/mol. The summed E-state index contributed by atoms with van der Waals surface area (Å²) < 4.78 is 56.3. The first-order chi connectivity index (χ1) is 20.7. The second kappa shape index (κ2) is 13.0. The standard InChI is InChI=1S/C31H30F3N5O4/c1-19-13-22(7-8-27(19)43-28-6-4-3-5-23(28)32)39(35)36-17-20(2)31(40)25-14-21-15-29(42-18-30(33)34)26(16-24(21)37-25)38-9-11-41-12-10-38/h3-8,13-17,30,37H,2,9-12,18,35H2,1H3/b36-17-. The van der Waals surface area contributed by atoms with Gasteiger partial charge in [-0.1, -0.05) is 18.7 Å². The summed E-state index contributed by atoms with van der Waals surface area (Å²) >= 11 is 0. The van der Waals surface area contributed by atoms with Gasteiger partial charge >= 0.3 is 0 Å². The first-order valence-electron chi connectivity index (χ1n) is 13.5. The van der Waals surface area contributed by atoms with Crippen molar-refractivity contribution in [1.82, 2.24) is 4.98 Å². The Hall–Kier alpha value is -4.81. The van der Waals surface area contributed by atoms with E-state index >= 15 is 0 Å². The minimum absolute atomic E-state index is 0.0563. The van der Waals surface area contributed by atoms with Gasteiger partial charge in [0.2, 0.25) is 5.78 Å². The highest BCUT2D eigenvalue weighted by Gasteiger charge is 2.20. The monoisotopic (exact) mass is 593 g/mol. The highest BCUT2D eigenvalue weighted by Crippen LogP contribution is 2.35. The number of carbonyl (C=O) groups excluding carboxylic acids is 1. The number of hydrogen-bond donors (Lipinski definition) is 2. The summed E-state index contributed by atoms with van der Waals surface area (Å²) in [6, 6.07) is 16.1.